The van der Waals surface area contributed by atoms with Crippen molar-refractivity contribution in [2.45, 2.75) is 23.5 Å². The third-order valence-corrected chi connectivity index (χ3v) is 8.89. The number of pyridine rings is 1. The van der Waals surface area contributed by atoms with E-state index in [0.29, 0.717) is 39.1 Å². The van der Waals surface area contributed by atoms with Gasteiger partial charge in [-0.05, 0) is 60.5 Å². The second-order valence-corrected chi connectivity index (χ2v) is 12.2. The van der Waals surface area contributed by atoms with Crippen molar-refractivity contribution in [2.75, 3.05) is 10.6 Å². The summed E-state index contributed by atoms with van der Waals surface area (Å²) < 4.78 is 0. The first-order chi connectivity index (χ1) is 21.9. The molecule has 0 radical (unpaired) electrons. The number of nitrogens with zero attached hydrogens (tertiary/aromatic N) is 2. The summed E-state index contributed by atoms with van der Waals surface area (Å²) >= 11 is 9.02. The zero-order valence-corrected chi connectivity index (χ0v) is 26.5. The number of hydrogen-bond donors (Lipinski definition) is 3. The summed E-state index contributed by atoms with van der Waals surface area (Å²) in [5, 5.41) is 11.0. The van der Waals surface area contributed by atoms with Gasteiger partial charge in [0, 0.05) is 44.5 Å². The molecule has 0 bridgehead atoms. The molecule has 0 aliphatic rings. The fourth-order valence-electron chi connectivity index (χ4n) is 4.21. The lowest BCUT2D eigenvalue weighted by Crippen LogP contribution is -2.30. The molecule has 45 heavy (non-hydrogen) atoms. The SMILES string of the molecule is CCC(Sc1cccc(NC(=O)/C(=C/c2cccnc2)NC(=O)c2ccccc2)c1)C(=O)Nc1nc(-c2ccccc2Cl)cs1. The molecule has 0 saturated carbocycles. The van der Waals surface area contributed by atoms with Crippen LogP contribution in [0.15, 0.2) is 119 Å². The third-order valence-electron chi connectivity index (χ3n) is 6.44. The van der Waals surface area contributed by atoms with Gasteiger partial charge in [0.1, 0.15) is 5.70 Å². The number of hydrogen-bond acceptors (Lipinski definition) is 7. The lowest BCUT2D eigenvalue weighted by Gasteiger charge is -2.15. The first-order valence-electron chi connectivity index (χ1n) is 14.0. The van der Waals surface area contributed by atoms with Gasteiger partial charge in [-0.3, -0.25) is 19.4 Å². The van der Waals surface area contributed by atoms with Gasteiger partial charge in [0.15, 0.2) is 5.13 Å². The number of benzene rings is 3. The molecule has 5 aromatic rings. The Hall–Kier alpha value is -4.77. The van der Waals surface area contributed by atoms with E-state index in [-0.39, 0.29) is 11.6 Å². The smallest absolute Gasteiger partial charge is 0.272 e. The third kappa shape index (κ3) is 8.66. The summed E-state index contributed by atoms with van der Waals surface area (Å²) in [6.45, 7) is 1.94. The number of aromatic nitrogens is 2. The molecule has 1 unspecified atom stereocenters. The minimum Gasteiger partial charge on any atom is -0.321 e. The van der Waals surface area contributed by atoms with Gasteiger partial charge < -0.3 is 16.0 Å². The van der Waals surface area contributed by atoms with Crippen LogP contribution in [-0.2, 0) is 9.59 Å². The second-order valence-electron chi connectivity index (χ2n) is 9.67. The minimum absolute atomic E-state index is 0.0559. The van der Waals surface area contributed by atoms with Gasteiger partial charge in [-0.15, -0.1) is 23.1 Å². The number of rotatable bonds is 11. The van der Waals surface area contributed by atoms with E-state index >= 15 is 0 Å². The molecule has 2 heterocycles. The van der Waals surface area contributed by atoms with Crippen LogP contribution < -0.4 is 16.0 Å². The first kappa shape index (κ1) is 31.6. The Kier molecular flexibility index (Phi) is 10.8. The molecule has 0 saturated heterocycles. The molecule has 1 atom stereocenters. The van der Waals surface area contributed by atoms with E-state index in [1.54, 1.807) is 79.1 Å². The minimum atomic E-state index is -0.506. The number of carbonyl (C=O) groups excluding carboxylic acids is 3. The number of carbonyl (C=O) groups is 3. The molecular weight excluding hydrogens is 626 g/mol. The van der Waals surface area contributed by atoms with Crippen LogP contribution in [0.2, 0.25) is 5.02 Å². The molecular formula is C34H28ClN5O3S2. The van der Waals surface area contributed by atoms with Crippen LogP contribution in [0.25, 0.3) is 17.3 Å². The zero-order chi connectivity index (χ0) is 31.6. The quantitative estimate of drug-likeness (QED) is 0.0991. The van der Waals surface area contributed by atoms with E-state index in [4.69, 9.17) is 11.6 Å². The molecule has 226 valence electrons. The number of anilines is 2. The second kappa shape index (κ2) is 15.3. The standard InChI is InChI=1S/C34H28ClN5O3S2/c1-2-30(33(43)40-34-39-29(21-44-34)26-15-6-7-16-27(26)35)45-25-14-8-13-24(19-25)37-32(42)28(18-22-10-9-17-36-20-22)38-31(41)23-11-4-3-5-12-23/h3-21,30H,2H2,1H3,(H,37,42)(H,38,41)(H,39,40,43)/b28-18-. The Morgan fingerprint density at radius 1 is 0.956 bits per heavy atom. The van der Waals surface area contributed by atoms with Crippen LogP contribution >= 0.6 is 34.7 Å². The van der Waals surface area contributed by atoms with Crippen molar-refractivity contribution >= 4 is 69.3 Å². The van der Waals surface area contributed by atoms with Crippen molar-refractivity contribution in [3.8, 4) is 11.3 Å². The summed E-state index contributed by atoms with van der Waals surface area (Å²) in [6.07, 6.45) is 5.36. The average molecular weight is 654 g/mol. The van der Waals surface area contributed by atoms with E-state index in [1.807, 2.05) is 42.6 Å². The zero-order valence-electron chi connectivity index (χ0n) is 24.1. The largest absolute Gasteiger partial charge is 0.321 e. The van der Waals surface area contributed by atoms with Gasteiger partial charge in [0.25, 0.3) is 11.8 Å². The predicted octanol–water partition coefficient (Wildman–Crippen LogP) is 7.78. The maximum Gasteiger partial charge on any atom is 0.272 e. The maximum atomic E-state index is 13.4. The van der Waals surface area contributed by atoms with Crippen molar-refractivity contribution in [3.05, 3.63) is 131 Å². The van der Waals surface area contributed by atoms with Crippen LogP contribution in [-0.4, -0.2) is 32.9 Å². The molecule has 3 N–H and O–H groups in total. The van der Waals surface area contributed by atoms with Gasteiger partial charge in [0.05, 0.1) is 10.9 Å². The highest BCUT2D eigenvalue weighted by atomic mass is 35.5. The van der Waals surface area contributed by atoms with E-state index < -0.39 is 17.1 Å². The summed E-state index contributed by atoms with van der Waals surface area (Å²) in [7, 11) is 0. The molecule has 0 fully saturated rings. The van der Waals surface area contributed by atoms with Gasteiger partial charge in [-0.2, -0.15) is 0 Å². The highest BCUT2D eigenvalue weighted by Crippen LogP contribution is 2.32. The van der Waals surface area contributed by atoms with Gasteiger partial charge in [-0.1, -0.05) is 67.1 Å². The summed E-state index contributed by atoms with van der Waals surface area (Å²) in [5.41, 5.74) is 3.13. The van der Waals surface area contributed by atoms with Crippen molar-refractivity contribution < 1.29 is 14.4 Å². The van der Waals surface area contributed by atoms with Gasteiger partial charge in [-0.25, -0.2) is 4.98 Å². The molecule has 3 aromatic carbocycles. The van der Waals surface area contributed by atoms with Crippen molar-refractivity contribution in [2.24, 2.45) is 0 Å². The van der Waals surface area contributed by atoms with Gasteiger partial charge >= 0.3 is 0 Å². The van der Waals surface area contributed by atoms with Crippen molar-refractivity contribution in [1.82, 2.24) is 15.3 Å². The first-order valence-corrected chi connectivity index (χ1v) is 16.1. The van der Waals surface area contributed by atoms with Gasteiger partial charge in [0.2, 0.25) is 5.91 Å². The van der Waals surface area contributed by atoms with Crippen LogP contribution in [0.1, 0.15) is 29.3 Å². The molecule has 0 spiro atoms. The van der Waals surface area contributed by atoms with Crippen LogP contribution in [0, 0.1) is 0 Å². The fraction of sp³-hybridized carbons (Fsp3) is 0.0882. The van der Waals surface area contributed by atoms with E-state index in [2.05, 4.69) is 25.9 Å². The molecule has 5 rings (SSSR count). The number of thioether (sulfide) groups is 1. The number of amides is 3. The molecule has 3 amide bonds. The highest BCUT2D eigenvalue weighted by molar-refractivity contribution is 8.00. The molecule has 8 nitrogen and oxygen atoms in total. The molecule has 0 aliphatic heterocycles. The Labute approximate surface area is 274 Å². The van der Waals surface area contributed by atoms with Crippen LogP contribution in [0.5, 0.6) is 0 Å². The predicted molar refractivity (Wildman–Crippen MR) is 182 cm³/mol. The van der Waals surface area contributed by atoms with Crippen LogP contribution in [0.3, 0.4) is 0 Å². The lowest BCUT2D eigenvalue weighted by atomic mass is 10.2. The summed E-state index contributed by atoms with van der Waals surface area (Å²) in [5.74, 6) is -1.10. The van der Waals surface area contributed by atoms with Crippen LogP contribution in [0.4, 0.5) is 10.8 Å². The van der Waals surface area contributed by atoms with Crippen molar-refractivity contribution in [1.29, 1.82) is 0 Å². The number of halogens is 1. The summed E-state index contributed by atoms with van der Waals surface area (Å²) in [4.78, 5) is 48.9. The Morgan fingerprint density at radius 2 is 1.76 bits per heavy atom. The highest BCUT2D eigenvalue weighted by Gasteiger charge is 2.21. The molecule has 11 heteroatoms. The Bertz CT molecular complexity index is 1830. The van der Waals surface area contributed by atoms with E-state index in [1.165, 1.54) is 23.1 Å². The number of nitrogens with one attached hydrogen (secondary N) is 3. The Balaban J connectivity index is 1.27. The number of thiazole rings is 1. The monoisotopic (exact) mass is 653 g/mol. The topological polar surface area (TPSA) is 113 Å². The Morgan fingerprint density at radius 3 is 2.51 bits per heavy atom. The lowest BCUT2D eigenvalue weighted by molar-refractivity contribution is -0.116. The van der Waals surface area contributed by atoms with E-state index in [9.17, 15) is 14.4 Å². The fourth-order valence-corrected chi connectivity index (χ4v) is 6.17. The molecule has 2 aromatic heterocycles. The maximum absolute atomic E-state index is 13.4. The average Bonchev–Trinajstić information content (AvgIpc) is 3.52. The van der Waals surface area contributed by atoms with E-state index in [0.717, 1.165) is 10.5 Å². The summed E-state index contributed by atoms with van der Waals surface area (Å²) in [6, 6.07) is 26.8. The van der Waals surface area contributed by atoms with Crippen molar-refractivity contribution in [3.63, 3.8) is 0 Å². The molecule has 0 aliphatic carbocycles. The normalized spacial score (nSPS) is 11.8.